The molecule has 73 heavy (non-hydrogen) atoms. The van der Waals surface area contributed by atoms with Crippen molar-refractivity contribution in [1.82, 2.24) is 20.5 Å². The number of amides is 2. The lowest BCUT2D eigenvalue weighted by Gasteiger charge is -2.18. The number of hydrogen-bond acceptors (Lipinski definition) is 14. The quantitative estimate of drug-likeness (QED) is 0.0241. The van der Waals surface area contributed by atoms with Crippen LogP contribution in [0, 0.1) is 0 Å². The summed E-state index contributed by atoms with van der Waals surface area (Å²) in [4.78, 5) is 50.1. The van der Waals surface area contributed by atoms with Gasteiger partial charge in [0.2, 0.25) is 6.08 Å². The lowest BCUT2D eigenvalue weighted by molar-refractivity contribution is -0.142. The van der Waals surface area contributed by atoms with Crippen molar-refractivity contribution in [2.75, 3.05) is 58.9 Å². The fraction of sp³-hybridized carbons (Fsp3) is 0.412. The van der Waals surface area contributed by atoms with Crippen LogP contribution in [0.2, 0.25) is 0 Å². The first kappa shape index (κ1) is 59.9. The molecule has 0 radical (unpaired) electrons. The maximum Gasteiger partial charge on any atom is 0.437 e. The second-order valence-electron chi connectivity index (χ2n) is 15.5. The third-order valence-corrected chi connectivity index (χ3v) is 10.2. The smallest absolute Gasteiger partial charge is 0.437 e. The van der Waals surface area contributed by atoms with Gasteiger partial charge in [-0.2, -0.15) is 31.3 Å². The van der Waals surface area contributed by atoms with Crippen molar-refractivity contribution in [3.63, 3.8) is 0 Å². The van der Waals surface area contributed by atoms with Crippen LogP contribution >= 0.6 is 0 Å². The van der Waals surface area contributed by atoms with Crippen LogP contribution < -0.4 is 20.1 Å². The van der Waals surface area contributed by atoms with Gasteiger partial charge in [0.25, 0.3) is 0 Å². The average Bonchev–Trinajstić information content (AvgIpc) is 4.01. The van der Waals surface area contributed by atoms with Gasteiger partial charge in [-0.05, 0) is 126 Å². The maximum atomic E-state index is 13.2. The number of aryl methyl sites for hydroxylation is 2. The van der Waals surface area contributed by atoms with E-state index in [0.29, 0.717) is 90.6 Å². The molecule has 2 amide bonds. The predicted octanol–water partition coefficient (Wildman–Crippen LogP) is 12.2. The number of benzene rings is 4. The molecule has 0 aliphatic heterocycles. The fourth-order valence-corrected chi connectivity index (χ4v) is 6.81. The molecule has 6 aromatic rings. The van der Waals surface area contributed by atoms with E-state index in [0.717, 1.165) is 19.4 Å². The van der Waals surface area contributed by atoms with Crippen LogP contribution in [0.5, 0.6) is 11.5 Å². The molecule has 0 aliphatic carbocycles. The third kappa shape index (κ3) is 17.4. The molecule has 0 fully saturated rings. The highest BCUT2D eigenvalue weighted by molar-refractivity contribution is 5.92. The predicted molar refractivity (Wildman–Crippen MR) is 261 cm³/mol. The van der Waals surface area contributed by atoms with Crippen LogP contribution in [-0.2, 0) is 39.5 Å². The summed E-state index contributed by atoms with van der Waals surface area (Å²) in [5.41, 5.74) is 1.21. The fourth-order valence-electron chi connectivity index (χ4n) is 6.81. The Morgan fingerprint density at radius 2 is 1.14 bits per heavy atom. The number of anilines is 1. The minimum absolute atomic E-state index is 0. The number of carbonyl (C=O) groups excluding carboxylic acids is 4. The van der Waals surface area contributed by atoms with Gasteiger partial charge in [0.05, 0.1) is 54.0 Å². The minimum atomic E-state index is -4.61. The summed E-state index contributed by atoms with van der Waals surface area (Å²) in [6, 6.07) is 18.0. The molecule has 0 saturated heterocycles. The van der Waals surface area contributed by atoms with Gasteiger partial charge < -0.3 is 43.5 Å². The van der Waals surface area contributed by atoms with E-state index in [9.17, 15) is 45.5 Å². The Morgan fingerprint density at radius 1 is 0.685 bits per heavy atom. The number of alkyl halides is 6. The molecule has 0 aliphatic rings. The molecule has 4 aromatic carbocycles. The van der Waals surface area contributed by atoms with Crippen LogP contribution in [0.15, 0.2) is 86.8 Å². The summed E-state index contributed by atoms with van der Waals surface area (Å²) in [5, 5.41) is 12.1. The summed E-state index contributed by atoms with van der Waals surface area (Å²) in [6.07, 6.45) is -3.92. The number of hydrogen-bond donors (Lipinski definition) is 2. The summed E-state index contributed by atoms with van der Waals surface area (Å²) in [6.45, 7) is 9.85. The monoisotopic (exact) mass is 1030 g/mol. The number of nitrogens with zero attached hydrogens (tertiary/aromatic N) is 4. The summed E-state index contributed by atoms with van der Waals surface area (Å²) >= 11 is 0. The molecule has 396 valence electrons. The SMILES string of the molecule is C.CCCc1c(OCCCN(C)C(=O)Nc2ccc(C(=O)OCC)cc2)ccc2c(C(F)(F)F)noc12.CCCc1c(OCCCNC)ccc2c(C(F)(F)F)noc12.CCOC(=O)c1ccc(N=C=O)cc1. The number of esters is 2. The van der Waals surface area contributed by atoms with E-state index >= 15 is 0 Å². The van der Waals surface area contributed by atoms with Gasteiger partial charge in [-0.1, -0.05) is 44.4 Å². The topological polar surface area (TPSA) is 197 Å². The van der Waals surface area contributed by atoms with Crippen LogP contribution in [0.4, 0.5) is 42.5 Å². The van der Waals surface area contributed by atoms with E-state index in [1.54, 1.807) is 75.5 Å². The van der Waals surface area contributed by atoms with Crippen molar-refractivity contribution in [3.8, 4) is 11.5 Å². The molecule has 0 bridgehead atoms. The van der Waals surface area contributed by atoms with Gasteiger partial charge >= 0.3 is 30.3 Å². The number of carbonyl (C=O) groups is 3. The van der Waals surface area contributed by atoms with Crippen LogP contribution in [0.25, 0.3) is 21.9 Å². The number of nitrogens with one attached hydrogen (secondary N) is 2. The zero-order valence-corrected chi connectivity index (χ0v) is 40.6. The van der Waals surface area contributed by atoms with Gasteiger partial charge in [-0.25, -0.2) is 19.2 Å². The van der Waals surface area contributed by atoms with Gasteiger partial charge in [0.1, 0.15) is 11.5 Å². The Morgan fingerprint density at radius 3 is 1.55 bits per heavy atom. The number of isocyanates is 1. The second kappa shape index (κ2) is 29.2. The molecular weight excluding hydrogens is 971 g/mol. The summed E-state index contributed by atoms with van der Waals surface area (Å²) < 4.78 is 109. The standard InChI is InChI=1S/C25H28F3N3O5.C15H19F3N2O2.C10H9NO3.CH4/c1-4-7-18-20(13-12-19-21(18)36-30-22(19)25(26,27)28)35-15-6-14-31(3)24(33)29-17-10-8-16(9-11-17)23(32)34-5-2;1-3-5-10-12(21-9-4-8-19-2)7-6-11-13(10)22-20-14(11)15(16,17)18;1-2-14-10(13)8-3-5-9(6-4-8)11-7-12;/h8-13H,4-7,14-15H2,1-3H3,(H,29,33);6-7,19H,3-5,8-9H2,1-2H3;3-6H,2H2,1H3;1H4. The van der Waals surface area contributed by atoms with Crippen molar-refractivity contribution in [2.45, 2.75) is 86.0 Å². The molecule has 0 atom stereocenters. The number of rotatable bonds is 20. The van der Waals surface area contributed by atoms with E-state index in [4.69, 9.17) is 28.0 Å². The number of aromatic nitrogens is 2. The van der Waals surface area contributed by atoms with Crippen molar-refractivity contribution < 1.29 is 73.5 Å². The number of fused-ring (bicyclic) bond motifs is 2. The number of ether oxygens (including phenoxy) is 4. The highest BCUT2D eigenvalue weighted by Crippen LogP contribution is 2.39. The van der Waals surface area contributed by atoms with E-state index in [1.165, 1.54) is 29.2 Å². The zero-order chi connectivity index (χ0) is 52.8. The summed E-state index contributed by atoms with van der Waals surface area (Å²) in [7, 11) is 3.48. The molecule has 2 aromatic heterocycles. The van der Waals surface area contributed by atoms with E-state index in [2.05, 4.69) is 25.9 Å². The van der Waals surface area contributed by atoms with Crippen molar-refractivity contribution in [2.24, 2.45) is 4.99 Å². The van der Waals surface area contributed by atoms with E-state index in [1.807, 2.05) is 20.9 Å². The molecule has 0 unspecified atom stereocenters. The number of halogens is 6. The molecule has 6 rings (SSSR count). The first-order chi connectivity index (χ1) is 34.4. The van der Waals surface area contributed by atoms with E-state index < -0.39 is 29.7 Å². The molecule has 0 saturated carbocycles. The maximum absolute atomic E-state index is 13.2. The Hall–Kier alpha value is -7.45. The zero-order valence-electron chi connectivity index (χ0n) is 40.6. The minimum Gasteiger partial charge on any atom is -0.493 e. The van der Waals surface area contributed by atoms with Crippen LogP contribution in [0.1, 0.15) is 104 Å². The normalized spacial score (nSPS) is 11.0. The molecule has 22 heteroatoms. The highest BCUT2D eigenvalue weighted by Gasteiger charge is 2.39. The van der Waals surface area contributed by atoms with Crippen molar-refractivity contribution >= 4 is 57.4 Å². The Balaban J connectivity index is 0.000000322. The summed E-state index contributed by atoms with van der Waals surface area (Å²) in [5.74, 6) is 0.185. The van der Waals surface area contributed by atoms with E-state index in [-0.39, 0.29) is 54.6 Å². The van der Waals surface area contributed by atoms with Crippen LogP contribution in [0.3, 0.4) is 0 Å². The highest BCUT2D eigenvalue weighted by atomic mass is 19.4. The van der Waals surface area contributed by atoms with Gasteiger partial charge in [-0.15, -0.1) is 0 Å². The lowest BCUT2D eigenvalue weighted by Crippen LogP contribution is -2.32. The third-order valence-electron chi connectivity index (χ3n) is 10.2. The largest absolute Gasteiger partial charge is 0.493 e. The van der Waals surface area contributed by atoms with Gasteiger partial charge in [0.15, 0.2) is 22.6 Å². The van der Waals surface area contributed by atoms with Gasteiger partial charge in [0, 0.05) is 30.4 Å². The molecule has 16 nitrogen and oxygen atoms in total. The van der Waals surface area contributed by atoms with Gasteiger partial charge in [-0.3, -0.25) is 0 Å². The number of aliphatic imine (C=N–C) groups is 1. The van der Waals surface area contributed by atoms with Crippen molar-refractivity contribution in [1.29, 1.82) is 0 Å². The van der Waals surface area contributed by atoms with Crippen molar-refractivity contribution in [3.05, 3.63) is 106 Å². The second-order valence-corrected chi connectivity index (χ2v) is 15.5. The Kier molecular flexibility index (Phi) is 23.9. The average molecular weight is 1030 g/mol. The molecular formula is C51H60F6N6O10. The Labute approximate surface area is 418 Å². The molecule has 2 N–H and O–H groups in total. The first-order valence-electron chi connectivity index (χ1n) is 22.9. The molecule has 2 heterocycles. The number of urea groups is 1. The lowest BCUT2D eigenvalue weighted by atomic mass is 10.0. The first-order valence-corrected chi connectivity index (χ1v) is 22.9. The van der Waals surface area contributed by atoms with Crippen LogP contribution in [-0.4, -0.2) is 92.9 Å². The Bertz CT molecular complexity index is 2740. The molecule has 0 spiro atoms.